The minimum absolute atomic E-state index is 0.0381. The van der Waals surface area contributed by atoms with Crippen molar-refractivity contribution in [2.24, 2.45) is 5.10 Å². The van der Waals surface area contributed by atoms with Crippen molar-refractivity contribution in [1.29, 1.82) is 0 Å². The van der Waals surface area contributed by atoms with E-state index in [-0.39, 0.29) is 18.9 Å². The molecule has 4 rings (SSSR count). The van der Waals surface area contributed by atoms with Gasteiger partial charge in [-0.05, 0) is 30.5 Å². The number of fused-ring (bicyclic) bond motifs is 1. The van der Waals surface area contributed by atoms with Crippen LogP contribution in [0.5, 0.6) is 0 Å². The second kappa shape index (κ2) is 7.76. The maximum atomic E-state index is 12.6. The molecule has 1 fully saturated rings. The van der Waals surface area contributed by atoms with Crippen LogP contribution in [0, 0.1) is 0 Å². The second-order valence-corrected chi connectivity index (χ2v) is 6.51. The van der Waals surface area contributed by atoms with Crippen molar-refractivity contribution in [3.63, 3.8) is 0 Å². The lowest BCUT2D eigenvalue weighted by molar-refractivity contribution is -0.137. The molecule has 2 atom stereocenters. The molecule has 11 heteroatoms. The lowest BCUT2D eigenvalue weighted by atomic mass is 10.1. The molecule has 2 N–H and O–H groups in total. The topological polar surface area (TPSA) is 97.5 Å². The molecule has 152 valence electrons. The summed E-state index contributed by atoms with van der Waals surface area (Å²) in [6.07, 6.45) is 0.963. The Morgan fingerprint density at radius 1 is 1.21 bits per heavy atom. The number of aliphatic hydroxyl groups excluding tert-OH is 1. The molecule has 0 radical (unpaired) electrons. The molecule has 0 amide bonds. The van der Waals surface area contributed by atoms with Gasteiger partial charge in [-0.15, -0.1) is 0 Å². The molecule has 8 nitrogen and oxygen atoms in total. The van der Waals surface area contributed by atoms with E-state index in [4.69, 9.17) is 4.74 Å². The molecular weight excluding hydrogens is 389 g/mol. The molecule has 0 aliphatic carbocycles. The third-order valence-corrected chi connectivity index (χ3v) is 4.58. The van der Waals surface area contributed by atoms with Gasteiger partial charge in [0.2, 0.25) is 0 Å². The fourth-order valence-corrected chi connectivity index (χ4v) is 3.10. The molecule has 0 unspecified atom stereocenters. The van der Waals surface area contributed by atoms with Gasteiger partial charge < -0.3 is 9.84 Å². The summed E-state index contributed by atoms with van der Waals surface area (Å²) in [6, 6.07) is 4.64. The van der Waals surface area contributed by atoms with E-state index in [1.807, 2.05) is 0 Å². The van der Waals surface area contributed by atoms with E-state index in [1.54, 1.807) is 10.9 Å². The molecule has 1 aromatic carbocycles. The van der Waals surface area contributed by atoms with E-state index >= 15 is 0 Å². The smallest absolute Gasteiger partial charge is 0.394 e. The normalized spacial score (nSPS) is 20.0. The van der Waals surface area contributed by atoms with E-state index in [2.05, 4.69) is 25.5 Å². The Hall–Kier alpha value is -3.05. The standard InChI is InChI=1S/C18H17F3N6O2/c19-18(20,21)12-3-1-11(2-4-12)7-25-26-16-15-17(23-9-22-16)27(10-24-15)14-6-5-13(8-28)29-14/h1-4,7,9-10,13-14,28H,5-6,8H2,(H,22,23,26)/b25-7+/t13-,14+/m0/s1. The number of ether oxygens (including phenoxy) is 1. The number of aliphatic hydroxyl groups is 1. The summed E-state index contributed by atoms with van der Waals surface area (Å²) in [5.41, 5.74) is 3.55. The van der Waals surface area contributed by atoms with Crippen LogP contribution in [0.2, 0.25) is 0 Å². The van der Waals surface area contributed by atoms with Crippen molar-refractivity contribution in [2.45, 2.75) is 31.3 Å². The molecule has 3 aromatic rings. The van der Waals surface area contributed by atoms with Crippen LogP contribution in [0.15, 0.2) is 42.0 Å². The average Bonchev–Trinajstić information content (AvgIpc) is 3.34. The predicted octanol–water partition coefficient (Wildman–Crippen LogP) is 2.96. The first-order chi connectivity index (χ1) is 14.0. The molecule has 0 spiro atoms. The van der Waals surface area contributed by atoms with Crippen LogP contribution in [-0.4, -0.2) is 43.6 Å². The van der Waals surface area contributed by atoms with E-state index in [0.717, 1.165) is 25.0 Å². The third kappa shape index (κ3) is 4.05. The van der Waals surface area contributed by atoms with Gasteiger partial charge in [-0.2, -0.15) is 18.3 Å². The number of hydrogen-bond acceptors (Lipinski definition) is 7. The Labute approximate surface area is 163 Å². The van der Waals surface area contributed by atoms with E-state index in [1.165, 1.54) is 24.7 Å². The van der Waals surface area contributed by atoms with E-state index in [9.17, 15) is 18.3 Å². The number of rotatable bonds is 5. The van der Waals surface area contributed by atoms with Gasteiger partial charge in [-0.3, -0.25) is 9.99 Å². The number of alkyl halides is 3. The van der Waals surface area contributed by atoms with Crippen molar-refractivity contribution >= 4 is 23.2 Å². The number of hydrogen-bond donors (Lipinski definition) is 2. The Bertz CT molecular complexity index is 1020. The summed E-state index contributed by atoms with van der Waals surface area (Å²) in [4.78, 5) is 12.7. The monoisotopic (exact) mass is 406 g/mol. The van der Waals surface area contributed by atoms with Crippen molar-refractivity contribution in [2.75, 3.05) is 12.0 Å². The molecule has 29 heavy (non-hydrogen) atoms. The summed E-state index contributed by atoms with van der Waals surface area (Å²) in [6.45, 7) is -0.0381. The van der Waals surface area contributed by atoms with Gasteiger partial charge >= 0.3 is 6.18 Å². The highest BCUT2D eigenvalue weighted by molar-refractivity contribution is 5.84. The predicted molar refractivity (Wildman–Crippen MR) is 98.2 cm³/mol. The van der Waals surface area contributed by atoms with Crippen LogP contribution in [0.25, 0.3) is 11.2 Å². The van der Waals surface area contributed by atoms with Gasteiger partial charge in [0.15, 0.2) is 17.0 Å². The molecule has 0 bridgehead atoms. The molecule has 2 aromatic heterocycles. The van der Waals surface area contributed by atoms with Crippen LogP contribution < -0.4 is 5.43 Å². The van der Waals surface area contributed by atoms with Crippen molar-refractivity contribution in [1.82, 2.24) is 19.5 Å². The number of imidazole rings is 1. The van der Waals surface area contributed by atoms with Crippen LogP contribution in [0.3, 0.4) is 0 Å². The van der Waals surface area contributed by atoms with Gasteiger partial charge in [0.05, 0.1) is 30.8 Å². The number of anilines is 1. The first kappa shape index (κ1) is 19.3. The van der Waals surface area contributed by atoms with Crippen molar-refractivity contribution < 1.29 is 23.0 Å². The lowest BCUT2D eigenvalue weighted by Crippen LogP contribution is -2.14. The van der Waals surface area contributed by atoms with E-state index < -0.39 is 11.7 Å². The fourth-order valence-electron chi connectivity index (χ4n) is 3.10. The molecule has 1 saturated heterocycles. The maximum Gasteiger partial charge on any atom is 0.416 e. The average molecular weight is 406 g/mol. The van der Waals surface area contributed by atoms with Crippen molar-refractivity contribution in [3.05, 3.63) is 48.0 Å². The highest BCUT2D eigenvalue weighted by Gasteiger charge is 2.30. The minimum Gasteiger partial charge on any atom is -0.394 e. The number of benzene rings is 1. The summed E-state index contributed by atoms with van der Waals surface area (Å²) < 4.78 is 45.4. The minimum atomic E-state index is -4.38. The third-order valence-electron chi connectivity index (χ3n) is 4.58. The highest BCUT2D eigenvalue weighted by Crippen LogP contribution is 2.31. The van der Waals surface area contributed by atoms with Gasteiger partial charge in [-0.1, -0.05) is 12.1 Å². The second-order valence-electron chi connectivity index (χ2n) is 6.51. The maximum absolute atomic E-state index is 12.6. The number of nitrogens with one attached hydrogen (secondary N) is 1. The zero-order chi connectivity index (χ0) is 20.4. The Morgan fingerprint density at radius 3 is 2.69 bits per heavy atom. The van der Waals surface area contributed by atoms with Crippen LogP contribution in [-0.2, 0) is 10.9 Å². The molecule has 1 aliphatic rings. The van der Waals surface area contributed by atoms with Crippen LogP contribution >= 0.6 is 0 Å². The quantitative estimate of drug-likeness (QED) is 0.500. The number of hydrazone groups is 1. The first-order valence-corrected chi connectivity index (χ1v) is 8.86. The van der Waals surface area contributed by atoms with E-state index in [0.29, 0.717) is 22.5 Å². The molecule has 1 aliphatic heterocycles. The van der Waals surface area contributed by atoms with Crippen molar-refractivity contribution in [3.8, 4) is 0 Å². The Morgan fingerprint density at radius 2 is 2.00 bits per heavy atom. The zero-order valence-electron chi connectivity index (χ0n) is 15.0. The Kier molecular flexibility index (Phi) is 5.16. The lowest BCUT2D eigenvalue weighted by Gasteiger charge is -2.13. The first-order valence-electron chi connectivity index (χ1n) is 8.86. The number of aromatic nitrogens is 4. The summed E-state index contributed by atoms with van der Waals surface area (Å²) in [7, 11) is 0. The van der Waals surface area contributed by atoms with Gasteiger partial charge in [0, 0.05) is 0 Å². The number of halogens is 3. The Balaban J connectivity index is 1.49. The largest absolute Gasteiger partial charge is 0.416 e. The summed E-state index contributed by atoms with van der Waals surface area (Å²) in [5, 5.41) is 13.3. The van der Waals surface area contributed by atoms with Gasteiger partial charge in [-0.25, -0.2) is 15.0 Å². The van der Waals surface area contributed by atoms with Crippen LogP contribution in [0.4, 0.5) is 19.0 Å². The van der Waals surface area contributed by atoms with Crippen LogP contribution in [0.1, 0.15) is 30.2 Å². The number of nitrogens with zero attached hydrogens (tertiary/aromatic N) is 5. The fraction of sp³-hybridized carbons (Fsp3) is 0.333. The SMILES string of the molecule is OC[C@@H]1CC[C@H](n2cnc3c(N/N=C/c4ccc(C(F)(F)F)cc4)ncnc32)O1. The van der Waals surface area contributed by atoms with Gasteiger partial charge in [0.1, 0.15) is 12.6 Å². The molecular formula is C18H17F3N6O2. The zero-order valence-corrected chi connectivity index (χ0v) is 15.0. The molecule has 3 heterocycles. The van der Waals surface area contributed by atoms with Gasteiger partial charge in [0.25, 0.3) is 0 Å². The summed E-state index contributed by atoms with van der Waals surface area (Å²) >= 11 is 0. The highest BCUT2D eigenvalue weighted by atomic mass is 19.4. The molecule has 0 saturated carbocycles. The summed E-state index contributed by atoms with van der Waals surface area (Å²) in [5.74, 6) is 0.355.